The Bertz CT molecular complexity index is 1230. The number of likely N-dealkylation sites (tertiary alicyclic amines) is 1. The number of piperidine rings is 1. The molecule has 0 radical (unpaired) electrons. The Balaban J connectivity index is 1.31. The summed E-state index contributed by atoms with van der Waals surface area (Å²) in [6, 6.07) is 6.48. The lowest BCUT2D eigenvalue weighted by Gasteiger charge is -2.45. The molecule has 2 aliphatic rings. The molecule has 11 heteroatoms. The summed E-state index contributed by atoms with van der Waals surface area (Å²) in [5.41, 5.74) is -1.82. The maximum Gasteiger partial charge on any atom is 0.416 e. The minimum atomic E-state index is -4.69. The molecule has 2 N–H and O–H groups in total. The van der Waals surface area contributed by atoms with E-state index in [0.717, 1.165) is 37.2 Å². The second kappa shape index (κ2) is 11.2. The number of carbonyl (C=O) groups excluding carboxylic acids is 1. The van der Waals surface area contributed by atoms with Crippen molar-refractivity contribution in [3.05, 3.63) is 70.3 Å². The van der Waals surface area contributed by atoms with Crippen LogP contribution >= 0.6 is 0 Å². The lowest BCUT2D eigenvalue weighted by Crippen LogP contribution is -2.55. The fraction of sp³-hybridized carbons (Fsp3) is 0.500. The molecule has 1 amide bonds. The van der Waals surface area contributed by atoms with Gasteiger partial charge in [0.25, 0.3) is 5.91 Å². The summed E-state index contributed by atoms with van der Waals surface area (Å²) < 4.78 is 72.4. The molecule has 2 saturated heterocycles. The lowest BCUT2D eigenvalue weighted by atomic mass is 9.80. The highest BCUT2D eigenvalue weighted by Crippen LogP contribution is 2.37. The summed E-state index contributed by atoms with van der Waals surface area (Å²) in [6.07, 6.45) is -2.87. The molecule has 4 rings (SSSR count). The lowest BCUT2D eigenvalue weighted by molar-refractivity contribution is -0.157. The van der Waals surface area contributed by atoms with Gasteiger partial charge in [-0.1, -0.05) is 13.0 Å². The van der Waals surface area contributed by atoms with Gasteiger partial charge in [-0.25, -0.2) is 13.6 Å². The number of nitrogens with zero attached hydrogens (tertiary/aromatic N) is 1. The van der Waals surface area contributed by atoms with Crippen LogP contribution in [-0.2, 0) is 22.3 Å². The number of carboxylic acid groups (broad SMARTS) is 1. The third-order valence-corrected chi connectivity index (χ3v) is 7.87. The number of hydrogen-bond acceptors (Lipinski definition) is 4. The zero-order valence-corrected chi connectivity index (χ0v) is 21.7. The SMILES string of the molecule is C[C@@H]1CN([C@@H]2CC[C@](C)(C(=O)NCc3cc(F)cc(C(F)(F)F)c3)OC2)CC[C@H]1c1ccc(F)c(C(=O)O)c1. The Morgan fingerprint density at radius 1 is 1.15 bits per heavy atom. The molecule has 0 bridgehead atoms. The monoisotopic (exact) mass is 554 g/mol. The van der Waals surface area contributed by atoms with Gasteiger partial charge in [-0.3, -0.25) is 9.69 Å². The maximum atomic E-state index is 13.8. The number of benzene rings is 2. The van der Waals surface area contributed by atoms with Gasteiger partial charge < -0.3 is 15.2 Å². The van der Waals surface area contributed by atoms with E-state index >= 15 is 0 Å². The molecular weight excluding hydrogens is 523 g/mol. The fourth-order valence-electron chi connectivity index (χ4n) is 5.57. The average molecular weight is 555 g/mol. The third-order valence-electron chi connectivity index (χ3n) is 7.87. The van der Waals surface area contributed by atoms with E-state index in [1.807, 2.05) is 0 Å². The van der Waals surface area contributed by atoms with Crippen molar-refractivity contribution in [2.45, 2.75) is 63.4 Å². The van der Waals surface area contributed by atoms with Crippen LogP contribution in [0.4, 0.5) is 22.0 Å². The number of hydrogen-bond donors (Lipinski definition) is 2. The third kappa shape index (κ3) is 6.58. The second-order valence-corrected chi connectivity index (χ2v) is 10.7. The Labute approximate surface area is 223 Å². The van der Waals surface area contributed by atoms with Gasteiger partial charge in [0.2, 0.25) is 0 Å². The number of amides is 1. The largest absolute Gasteiger partial charge is 0.478 e. The van der Waals surface area contributed by atoms with Crippen molar-refractivity contribution in [2.24, 2.45) is 5.92 Å². The van der Waals surface area contributed by atoms with Crippen molar-refractivity contribution in [3.8, 4) is 0 Å². The van der Waals surface area contributed by atoms with Gasteiger partial charge in [0.1, 0.15) is 17.2 Å². The number of aromatic carboxylic acids is 1. The Hall–Kier alpha value is -3.05. The number of rotatable bonds is 6. The van der Waals surface area contributed by atoms with Crippen LogP contribution in [0.25, 0.3) is 0 Å². The number of halogens is 5. The van der Waals surface area contributed by atoms with Crippen molar-refractivity contribution >= 4 is 11.9 Å². The molecule has 2 aliphatic heterocycles. The van der Waals surface area contributed by atoms with Gasteiger partial charge in [0.15, 0.2) is 0 Å². The highest BCUT2D eigenvalue weighted by atomic mass is 19.4. The van der Waals surface area contributed by atoms with Crippen molar-refractivity contribution in [1.29, 1.82) is 0 Å². The van der Waals surface area contributed by atoms with Gasteiger partial charge in [-0.2, -0.15) is 13.2 Å². The summed E-state index contributed by atoms with van der Waals surface area (Å²) in [7, 11) is 0. The number of carboxylic acids is 1. The fourth-order valence-corrected chi connectivity index (χ4v) is 5.57. The van der Waals surface area contributed by atoms with Crippen molar-refractivity contribution in [3.63, 3.8) is 0 Å². The molecular formula is C28H31F5N2O4. The Morgan fingerprint density at radius 3 is 2.51 bits per heavy atom. The molecule has 0 spiro atoms. The van der Waals surface area contributed by atoms with Gasteiger partial charge in [-0.05, 0) is 86.0 Å². The van der Waals surface area contributed by atoms with Gasteiger partial charge in [0, 0.05) is 19.1 Å². The predicted molar refractivity (Wildman–Crippen MR) is 132 cm³/mol. The van der Waals surface area contributed by atoms with Crippen LogP contribution < -0.4 is 5.32 Å². The van der Waals surface area contributed by atoms with Crippen LogP contribution in [0, 0.1) is 17.6 Å². The zero-order chi connectivity index (χ0) is 28.5. The van der Waals surface area contributed by atoms with Crippen molar-refractivity contribution in [1.82, 2.24) is 10.2 Å². The van der Waals surface area contributed by atoms with E-state index in [1.54, 1.807) is 13.0 Å². The summed E-state index contributed by atoms with van der Waals surface area (Å²) in [4.78, 5) is 26.5. The molecule has 2 fully saturated rings. The number of ether oxygens (including phenoxy) is 1. The van der Waals surface area contributed by atoms with E-state index in [4.69, 9.17) is 4.74 Å². The minimum Gasteiger partial charge on any atom is -0.478 e. The van der Waals surface area contributed by atoms with Crippen LogP contribution in [0.15, 0.2) is 36.4 Å². The van der Waals surface area contributed by atoms with E-state index in [0.29, 0.717) is 25.5 Å². The van der Waals surface area contributed by atoms with E-state index in [2.05, 4.69) is 17.1 Å². The molecule has 0 aliphatic carbocycles. The molecule has 2 aromatic carbocycles. The van der Waals surface area contributed by atoms with Crippen molar-refractivity contribution < 1.29 is 41.4 Å². The summed E-state index contributed by atoms with van der Waals surface area (Å²) >= 11 is 0. The van der Waals surface area contributed by atoms with Crippen LogP contribution in [-0.4, -0.2) is 53.2 Å². The van der Waals surface area contributed by atoms with Gasteiger partial charge in [-0.15, -0.1) is 0 Å². The van der Waals surface area contributed by atoms with E-state index in [1.165, 1.54) is 12.1 Å². The molecule has 0 saturated carbocycles. The van der Waals surface area contributed by atoms with E-state index in [9.17, 15) is 36.6 Å². The van der Waals surface area contributed by atoms with Crippen LogP contribution in [0.1, 0.15) is 66.1 Å². The molecule has 2 heterocycles. The Kier molecular flexibility index (Phi) is 8.32. The summed E-state index contributed by atoms with van der Waals surface area (Å²) in [6.45, 7) is 5.18. The highest BCUT2D eigenvalue weighted by Gasteiger charge is 2.41. The quantitative estimate of drug-likeness (QED) is 0.470. The van der Waals surface area contributed by atoms with Crippen LogP contribution in [0.2, 0.25) is 0 Å². The first kappa shape index (κ1) is 28.9. The minimum absolute atomic E-state index is 0.00134. The molecule has 212 valence electrons. The zero-order valence-electron chi connectivity index (χ0n) is 21.7. The van der Waals surface area contributed by atoms with Gasteiger partial charge in [0.05, 0.1) is 17.7 Å². The number of nitrogens with one attached hydrogen (secondary N) is 1. The second-order valence-electron chi connectivity index (χ2n) is 10.7. The Morgan fingerprint density at radius 2 is 1.90 bits per heavy atom. The van der Waals surface area contributed by atoms with Crippen LogP contribution in [0.5, 0.6) is 0 Å². The van der Waals surface area contributed by atoms with Crippen molar-refractivity contribution in [2.75, 3.05) is 19.7 Å². The first-order valence-corrected chi connectivity index (χ1v) is 12.8. The standard InChI is InChI=1S/C28H31F5N2O4/c1-16-14-35(8-6-22(16)18-3-4-24(30)23(11-18)25(36)37)21-5-7-27(2,39-15-21)26(38)34-13-17-9-19(28(31,32)33)12-20(29)10-17/h3-4,9-12,16,21-22H,5-8,13-15H2,1-2H3,(H,34,38)(H,36,37)/t16-,21-,22-,27-/m1/s1. The first-order valence-electron chi connectivity index (χ1n) is 12.8. The number of alkyl halides is 3. The molecule has 2 aromatic rings. The summed E-state index contributed by atoms with van der Waals surface area (Å²) in [5, 5.41) is 11.8. The number of carbonyl (C=O) groups is 2. The molecule has 39 heavy (non-hydrogen) atoms. The van der Waals surface area contributed by atoms with Crippen LogP contribution in [0.3, 0.4) is 0 Å². The smallest absolute Gasteiger partial charge is 0.416 e. The first-order chi connectivity index (χ1) is 18.3. The summed E-state index contributed by atoms with van der Waals surface area (Å²) in [5.74, 6) is -3.30. The average Bonchev–Trinajstić information content (AvgIpc) is 2.87. The van der Waals surface area contributed by atoms with E-state index in [-0.39, 0.29) is 35.5 Å². The molecule has 0 unspecified atom stereocenters. The molecule has 0 aromatic heterocycles. The predicted octanol–water partition coefficient (Wildman–Crippen LogP) is 5.36. The highest BCUT2D eigenvalue weighted by molar-refractivity contribution is 5.88. The molecule has 6 nitrogen and oxygen atoms in total. The molecule has 4 atom stereocenters. The maximum absolute atomic E-state index is 13.8. The normalized spacial score (nSPS) is 26.3. The topological polar surface area (TPSA) is 78.9 Å². The van der Waals surface area contributed by atoms with E-state index < -0.39 is 40.9 Å². The van der Waals surface area contributed by atoms with Gasteiger partial charge >= 0.3 is 12.1 Å².